The van der Waals surface area contributed by atoms with Gasteiger partial charge in [0.1, 0.15) is 5.75 Å². The Morgan fingerprint density at radius 1 is 0.914 bits per heavy atom. The maximum absolute atomic E-state index is 13.0. The average Bonchev–Trinajstić information content (AvgIpc) is 2.90. The van der Waals surface area contributed by atoms with E-state index in [0.29, 0.717) is 23.9 Å². The van der Waals surface area contributed by atoms with Gasteiger partial charge in [0, 0.05) is 19.6 Å². The lowest BCUT2D eigenvalue weighted by molar-refractivity contribution is -0.134. The van der Waals surface area contributed by atoms with E-state index in [-0.39, 0.29) is 17.4 Å². The fourth-order valence-electron chi connectivity index (χ4n) is 4.49. The van der Waals surface area contributed by atoms with Gasteiger partial charge in [-0.2, -0.15) is 0 Å². The monoisotopic (exact) mass is 492 g/mol. The maximum Gasteiger partial charge on any atom is 0.264 e. The summed E-state index contributed by atoms with van der Waals surface area (Å²) in [6, 6.07) is 25.7. The fourth-order valence-corrected chi connectivity index (χ4v) is 5.98. The zero-order chi connectivity index (χ0) is 24.7. The van der Waals surface area contributed by atoms with Crippen LogP contribution in [0.2, 0.25) is 0 Å². The molecule has 0 saturated carbocycles. The molecule has 3 aromatic rings. The number of carbonyl (C=O) groups is 1. The molecule has 1 saturated heterocycles. The number of ether oxygens (including phenoxy) is 1. The number of carbonyl (C=O) groups excluding carboxylic acids is 1. The van der Waals surface area contributed by atoms with Crippen LogP contribution in [0.1, 0.15) is 25.3 Å². The predicted octanol–water partition coefficient (Wildman–Crippen LogP) is 4.76. The lowest BCUT2D eigenvalue weighted by Crippen LogP contribution is -2.41. The lowest BCUT2D eigenvalue weighted by Gasteiger charge is -2.32. The number of hydrogen-bond acceptors (Lipinski definition) is 4. The van der Waals surface area contributed by atoms with E-state index in [4.69, 9.17) is 4.74 Å². The predicted molar refractivity (Wildman–Crippen MR) is 138 cm³/mol. The van der Waals surface area contributed by atoms with Crippen LogP contribution < -0.4 is 9.04 Å². The third-order valence-electron chi connectivity index (χ3n) is 6.44. The summed E-state index contributed by atoms with van der Waals surface area (Å²) < 4.78 is 33.1. The maximum atomic E-state index is 13.0. The highest BCUT2D eigenvalue weighted by atomic mass is 32.2. The van der Waals surface area contributed by atoms with Gasteiger partial charge in [0.15, 0.2) is 6.61 Å². The summed E-state index contributed by atoms with van der Waals surface area (Å²) in [6.07, 6.45) is 3.05. The van der Waals surface area contributed by atoms with Crippen LogP contribution in [0.4, 0.5) is 5.69 Å². The summed E-state index contributed by atoms with van der Waals surface area (Å²) in [6.45, 7) is 3.58. The number of sulfonamides is 1. The molecule has 0 unspecified atom stereocenters. The molecule has 0 N–H and O–H groups in total. The van der Waals surface area contributed by atoms with Gasteiger partial charge in [-0.25, -0.2) is 8.42 Å². The molecule has 1 heterocycles. The Kier molecular flexibility index (Phi) is 8.08. The van der Waals surface area contributed by atoms with E-state index in [9.17, 15) is 13.2 Å². The summed E-state index contributed by atoms with van der Waals surface area (Å²) in [5.41, 5.74) is 1.90. The van der Waals surface area contributed by atoms with E-state index in [1.165, 1.54) is 9.87 Å². The molecule has 0 bridgehead atoms. The van der Waals surface area contributed by atoms with Gasteiger partial charge < -0.3 is 9.64 Å². The Balaban J connectivity index is 1.28. The van der Waals surface area contributed by atoms with Crippen molar-refractivity contribution in [3.63, 3.8) is 0 Å². The Bertz CT molecular complexity index is 1190. The smallest absolute Gasteiger partial charge is 0.264 e. The number of likely N-dealkylation sites (tertiary alicyclic amines) is 1. The van der Waals surface area contributed by atoms with Gasteiger partial charge in [0.25, 0.3) is 15.9 Å². The highest BCUT2D eigenvalue weighted by molar-refractivity contribution is 7.92. The second kappa shape index (κ2) is 11.4. The van der Waals surface area contributed by atoms with Gasteiger partial charge in [-0.15, -0.1) is 0 Å². The first-order chi connectivity index (χ1) is 17.0. The Hall–Kier alpha value is -3.32. The molecular weight excluding hydrogens is 460 g/mol. The Morgan fingerprint density at radius 3 is 2.11 bits per heavy atom. The van der Waals surface area contributed by atoms with Crippen molar-refractivity contribution in [3.8, 4) is 5.75 Å². The first-order valence-electron chi connectivity index (χ1n) is 12.1. The van der Waals surface area contributed by atoms with E-state index < -0.39 is 10.0 Å². The van der Waals surface area contributed by atoms with Crippen molar-refractivity contribution < 1.29 is 17.9 Å². The molecule has 1 fully saturated rings. The molecule has 0 radical (unpaired) electrons. The lowest BCUT2D eigenvalue weighted by atomic mass is 9.90. The van der Waals surface area contributed by atoms with Gasteiger partial charge >= 0.3 is 0 Å². The number of rotatable bonds is 9. The van der Waals surface area contributed by atoms with Gasteiger partial charge in [-0.1, -0.05) is 48.5 Å². The number of nitrogens with zero attached hydrogens (tertiary/aromatic N) is 2. The van der Waals surface area contributed by atoms with Crippen molar-refractivity contribution in [1.82, 2.24) is 4.90 Å². The summed E-state index contributed by atoms with van der Waals surface area (Å²) >= 11 is 0. The van der Waals surface area contributed by atoms with Gasteiger partial charge in [-0.05, 0) is 74.1 Å². The number of piperidine rings is 1. The SMILES string of the molecule is CCN(c1ccc(OCC(=O)N2CCC(Cc3ccccc3)CC2)cc1)S(=O)(=O)c1ccccc1. The van der Waals surface area contributed by atoms with Crippen molar-refractivity contribution in [3.05, 3.63) is 90.5 Å². The van der Waals surface area contributed by atoms with E-state index in [0.717, 1.165) is 32.4 Å². The van der Waals surface area contributed by atoms with Crippen LogP contribution in [-0.4, -0.2) is 45.5 Å². The molecular formula is C28H32N2O4S. The van der Waals surface area contributed by atoms with Crippen LogP contribution in [0, 0.1) is 5.92 Å². The van der Waals surface area contributed by atoms with E-state index >= 15 is 0 Å². The molecule has 0 atom stereocenters. The third kappa shape index (κ3) is 6.22. The summed E-state index contributed by atoms with van der Waals surface area (Å²) in [5, 5.41) is 0. The molecule has 6 nitrogen and oxygen atoms in total. The van der Waals surface area contributed by atoms with Gasteiger partial charge in [0.05, 0.1) is 10.6 Å². The molecule has 4 rings (SSSR count). The van der Waals surface area contributed by atoms with Crippen molar-refractivity contribution in [2.24, 2.45) is 5.92 Å². The third-order valence-corrected chi connectivity index (χ3v) is 8.36. The molecule has 0 spiro atoms. The first-order valence-corrected chi connectivity index (χ1v) is 13.5. The molecule has 1 aliphatic heterocycles. The second-order valence-corrected chi connectivity index (χ2v) is 10.6. The molecule has 1 amide bonds. The summed E-state index contributed by atoms with van der Waals surface area (Å²) in [4.78, 5) is 14.8. The molecule has 3 aromatic carbocycles. The van der Waals surface area contributed by atoms with Crippen LogP contribution in [0.15, 0.2) is 89.8 Å². The minimum absolute atomic E-state index is 0.0194. The highest BCUT2D eigenvalue weighted by Gasteiger charge is 2.24. The standard InChI is InChI=1S/C28H32N2O4S/c1-2-30(35(32,33)27-11-7-4-8-12-27)25-13-15-26(16-14-25)34-22-28(31)29-19-17-24(18-20-29)21-23-9-5-3-6-10-23/h3-16,24H,2,17-22H2,1H3. The number of benzene rings is 3. The average molecular weight is 493 g/mol. The molecule has 0 aromatic heterocycles. The van der Waals surface area contributed by atoms with Crippen LogP contribution in [0.5, 0.6) is 5.75 Å². The normalized spacial score (nSPS) is 14.5. The largest absolute Gasteiger partial charge is 0.484 e. The van der Waals surface area contributed by atoms with Gasteiger partial charge in [0.2, 0.25) is 0 Å². The van der Waals surface area contributed by atoms with Crippen LogP contribution >= 0.6 is 0 Å². The Labute approximate surface area is 208 Å². The summed E-state index contributed by atoms with van der Waals surface area (Å²) in [5.74, 6) is 1.12. The van der Waals surface area contributed by atoms with Crippen molar-refractivity contribution in [2.75, 3.05) is 30.5 Å². The second-order valence-electron chi connectivity index (χ2n) is 8.78. The first kappa shape index (κ1) is 24.8. The fraction of sp³-hybridized carbons (Fsp3) is 0.321. The van der Waals surface area contributed by atoms with Crippen LogP contribution in [0.3, 0.4) is 0 Å². The van der Waals surface area contributed by atoms with E-state index in [2.05, 4.69) is 24.3 Å². The minimum Gasteiger partial charge on any atom is -0.484 e. The number of anilines is 1. The van der Waals surface area contributed by atoms with Crippen LogP contribution in [0.25, 0.3) is 0 Å². The zero-order valence-electron chi connectivity index (χ0n) is 20.0. The van der Waals surface area contributed by atoms with Crippen molar-refractivity contribution >= 4 is 21.6 Å². The molecule has 35 heavy (non-hydrogen) atoms. The van der Waals surface area contributed by atoms with Crippen molar-refractivity contribution in [2.45, 2.75) is 31.1 Å². The Morgan fingerprint density at radius 2 is 1.51 bits per heavy atom. The van der Waals surface area contributed by atoms with Crippen LogP contribution in [-0.2, 0) is 21.2 Å². The zero-order valence-corrected chi connectivity index (χ0v) is 20.9. The topological polar surface area (TPSA) is 66.9 Å². The summed E-state index contributed by atoms with van der Waals surface area (Å²) in [7, 11) is -3.65. The van der Waals surface area contributed by atoms with E-state index in [1.807, 2.05) is 11.0 Å². The quantitative estimate of drug-likeness (QED) is 0.432. The molecule has 0 aliphatic carbocycles. The minimum atomic E-state index is -3.65. The number of amides is 1. The molecule has 184 valence electrons. The van der Waals surface area contributed by atoms with Crippen molar-refractivity contribution in [1.29, 1.82) is 0 Å². The van der Waals surface area contributed by atoms with Gasteiger partial charge in [-0.3, -0.25) is 9.10 Å². The highest BCUT2D eigenvalue weighted by Crippen LogP contribution is 2.26. The number of hydrogen-bond donors (Lipinski definition) is 0. The molecule has 1 aliphatic rings. The van der Waals surface area contributed by atoms with E-state index in [1.54, 1.807) is 61.5 Å². The molecule has 7 heteroatoms.